The normalized spacial score (nSPS) is 20.5. The highest BCUT2D eigenvalue weighted by Gasteiger charge is 2.52. The third-order valence-corrected chi connectivity index (χ3v) is 3.92. The molecule has 1 aromatic heterocycles. The predicted molar refractivity (Wildman–Crippen MR) is 76.7 cm³/mol. The second kappa shape index (κ2) is 4.65. The van der Waals surface area contributed by atoms with Gasteiger partial charge in [0.25, 0.3) is 0 Å². The van der Waals surface area contributed by atoms with E-state index in [-0.39, 0.29) is 16.8 Å². The molecule has 0 bridgehead atoms. The first-order valence-corrected chi connectivity index (χ1v) is 6.45. The Morgan fingerprint density at radius 2 is 1.89 bits per heavy atom. The third kappa shape index (κ3) is 2.53. The summed E-state index contributed by atoms with van der Waals surface area (Å²) in [5.41, 5.74) is 0.839. The Labute approximate surface area is 114 Å². The van der Waals surface area contributed by atoms with E-state index in [1.807, 2.05) is 27.7 Å². The third-order valence-electron chi connectivity index (χ3n) is 3.92. The Balaban J connectivity index is 2.39. The van der Waals surface area contributed by atoms with Crippen LogP contribution in [-0.4, -0.2) is 23.3 Å². The molecular weight excluding hydrogens is 241 g/mol. The number of allylic oxidation sites excluding steroid dienone is 1. The number of aromatic nitrogens is 1. The molecule has 1 fully saturated rings. The molecule has 102 valence electrons. The van der Waals surface area contributed by atoms with Crippen molar-refractivity contribution in [2.75, 3.05) is 0 Å². The van der Waals surface area contributed by atoms with Crippen LogP contribution >= 0.6 is 0 Å². The Hall–Kier alpha value is -1.33. The van der Waals surface area contributed by atoms with Gasteiger partial charge in [-0.2, -0.15) is 0 Å². The quantitative estimate of drug-likeness (QED) is 0.661. The molecule has 2 heterocycles. The molecule has 0 unspecified atom stereocenters. The van der Waals surface area contributed by atoms with E-state index in [1.165, 1.54) is 0 Å². The number of nitrogens with one attached hydrogen (secondary N) is 1. The largest absolute Gasteiger partial charge is 0.496 e. The van der Waals surface area contributed by atoms with Gasteiger partial charge in [0.2, 0.25) is 5.56 Å². The van der Waals surface area contributed by atoms with Crippen LogP contribution in [-0.2, 0) is 15.7 Å². The van der Waals surface area contributed by atoms with Crippen LogP contribution in [0.2, 0.25) is 0 Å². The number of rotatable bonds is 3. The average Bonchev–Trinajstić information content (AvgIpc) is 2.48. The van der Waals surface area contributed by atoms with Gasteiger partial charge in [0.1, 0.15) is 0 Å². The van der Waals surface area contributed by atoms with Crippen molar-refractivity contribution >= 4 is 12.6 Å². The Morgan fingerprint density at radius 3 is 2.42 bits per heavy atom. The average molecular weight is 261 g/mol. The second-order valence-electron chi connectivity index (χ2n) is 5.86. The minimum Gasteiger partial charge on any atom is -0.399 e. The highest BCUT2D eigenvalue weighted by Crippen LogP contribution is 2.36. The van der Waals surface area contributed by atoms with Crippen molar-refractivity contribution in [1.82, 2.24) is 4.98 Å². The molecule has 0 radical (unpaired) electrons. The van der Waals surface area contributed by atoms with Crippen molar-refractivity contribution in [2.45, 2.75) is 45.3 Å². The number of aromatic amines is 1. The van der Waals surface area contributed by atoms with Gasteiger partial charge in [0, 0.05) is 17.7 Å². The van der Waals surface area contributed by atoms with Crippen molar-refractivity contribution in [3.8, 4) is 0 Å². The van der Waals surface area contributed by atoms with Crippen molar-refractivity contribution in [1.29, 1.82) is 0 Å². The van der Waals surface area contributed by atoms with E-state index in [0.29, 0.717) is 6.42 Å². The van der Waals surface area contributed by atoms with Gasteiger partial charge in [-0.05, 0) is 39.7 Å². The van der Waals surface area contributed by atoms with Crippen molar-refractivity contribution in [3.05, 3.63) is 40.8 Å². The highest BCUT2D eigenvalue weighted by molar-refractivity contribution is 6.62. The van der Waals surface area contributed by atoms with E-state index in [2.05, 4.69) is 11.6 Å². The molecule has 1 aliphatic heterocycles. The molecule has 1 aliphatic rings. The standard InChI is InChI=1S/C14H20BNO3/c1-6-7-10-8-12(17)16-9-11(10)15-18-13(2,3)14(4,5)19-15/h6,8-9H,1,7H2,2-5H3,(H,16,17). The van der Waals surface area contributed by atoms with Crippen LogP contribution in [0.5, 0.6) is 0 Å². The first-order valence-electron chi connectivity index (χ1n) is 6.45. The fourth-order valence-corrected chi connectivity index (χ4v) is 2.05. The molecule has 0 aliphatic carbocycles. The lowest BCUT2D eigenvalue weighted by Gasteiger charge is -2.32. The number of H-pyrrole nitrogens is 1. The van der Waals surface area contributed by atoms with Gasteiger partial charge in [0.15, 0.2) is 0 Å². The SMILES string of the molecule is C=CCc1cc(=O)[nH]cc1B1OC(C)(C)C(C)(C)O1. The van der Waals surface area contributed by atoms with Gasteiger partial charge in [-0.1, -0.05) is 6.08 Å². The molecular formula is C14H20BNO3. The summed E-state index contributed by atoms with van der Waals surface area (Å²) >= 11 is 0. The van der Waals surface area contributed by atoms with Crippen LogP contribution in [0.15, 0.2) is 29.7 Å². The predicted octanol–water partition coefficient (Wildman–Crippen LogP) is 1.40. The molecule has 0 aromatic carbocycles. The molecule has 1 N–H and O–H groups in total. The van der Waals surface area contributed by atoms with Crippen LogP contribution in [0.4, 0.5) is 0 Å². The number of hydrogen-bond acceptors (Lipinski definition) is 3. The van der Waals surface area contributed by atoms with Crippen LogP contribution in [0, 0.1) is 0 Å². The van der Waals surface area contributed by atoms with Crippen molar-refractivity contribution in [2.24, 2.45) is 0 Å². The van der Waals surface area contributed by atoms with Crippen molar-refractivity contribution in [3.63, 3.8) is 0 Å². The fourth-order valence-electron chi connectivity index (χ4n) is 2.05. The van der Waals surface area contributed by atoms with Gasteiger partial charge in [-0.25, -0.2) is 0 Å². The molecule has 0 saturated carbocycles. The van der Waals surface area contributed by atoms with Gasteiger partial charge >= 0.3 is 7.12 Å². The summed E-state index contributed by atoms with van der Waals surface area (Å²) in [5, 5.41) is 0. The Bertz CT molecular complexity index is 532. The van der Waals surface area contributed by atoms with Crippen molar-refractivity contribution < 1.29 is 9.31 Å². The number of pyridine rings is 1. The minimum absolute atomic E-state index is 0.128. The topological polar surface area (TPSA) is 51.3 Å². The minimum atomic E-state index is -0.461. The van der Waals surface area contributed by atoms with Gasteiger partial charge in [-0.15, -0.1) is 6.58 Å². The monoisotopic (exact) mass is 261 g/mol. The first-order chi connectivity index (χ1) is 8.77. The van der Waals surface area contributed by atoms with E-state index >= 15 is 0 Å². The van der Waals surface area contributed by atoms with E-state index < -0.39 is 7.12 Å². The lowest BCUT2D eigenvalue weighted by Crippen LogP contribution is -2.41. The van der Waals surface area contributed by atoms with Gasteiger partial charge in [0.05, 0.1) is 11.2 Å². The lowest BCUT2D eigenvalue weighted by molar-refractivity contribution is 0.00578. The molecule has 0 amide bonds. The van der Waals surface area contributed by atoms with E-state index in [9.17, 15) is 4.79 Å². The molecule has 4 nitrogen and oxygen atoms in total. The summed E-state index contributed by atoms with van der Waals surface area (Å²) in [6.45, 7) is 11.7. The van der Waals surface area contributed by atoms with E-state index in [1.54, 1.807) is 18.3 Å². The van der Waals surface area contributed by atoms with Crippen LogP contribution in [0.3, 0.4) is 0 Å². The summed E-state index contributed by atoms with van der Waals surface area (Å²) in [5.74, 6) is 0. The smallest absolute Gasteiger partial charge is 0.399 e. The molecule has 5 heteroatoms. The lowest BCUT2D eigenvalue weighted by atomic mass is 9.76. The number of hydrogen-bond donors (Lipinski definition) is 1. The van der Waals surface area contributed by atoms with Gasteiger partial charge < -0.3 is 14.3 Å². The zero-order valence-electron chi connectivity index (χ0n) is 11.9. The first kappa shape index (κ1) is 14.1. The Kier molecular flexibility index (Phi) is 3.45. The molecule has 2 rings (SSSR count). The molecule has 1 aromatic rings. The summed E-state index contributed by atoms with van der Waals surface area (Å²) < 4.78 is 12.0. The zero-order chi connectivity index (χ0) is 14.3. The highest BCUT2D eigenvalue weighted by atomic mass is 16.7. The molecule has 1 saturated heterocycles. The van der Waals surface area contributed by atoms with E-state index in [4.69, 9.17) is 9.31 Å². The second-order valence-corrected chi connectivity index (χ2v) is 5.86. The summed E-state index contributed by atoms with van der Waals surface area (Å²) in [4.78, 5) is 14.1. The summed E-state index contributed by atoms with van der Waals surface area (Å²) in [7, 11) is -0.461. The van der Waals surface area contributed by atoms with Crippen LogP contribution in [0.1, 0.15) is 33.3 Å². The van der Waals surface area contributed by atoms with E-state index in [0.717, 1.165) is 11.0 Å². The molecule has 0 spiro atoms. The Morgan fingerprint density at radius 1 is 1.32 bits per heavy atom. The van der Waals surface area contributed by atoms with Crippen LogP contribution < -0.4 is 11.0 Å². The maximum Gasteiger partial charge on any atom is 0.496 e. The zero-order valence-corrected chi connectivity index (χ0v) is 11.9. The fraction of sp³-hybridized carbons (Fsp3) is 0.500. The van der Waals surface area contributed by atoms with Gasteiger partial charge in [-0.3, -0.25) is 4.79 Å². The molecule has 0 atom stereocenters. The molecule has 19 heavy (non-hydrogen) atoms. The summed E-state index contributed by atoms with van der Waals surface area (Å²) in [6.07, 6.45) is 4.05. The van der Waals surface area contributed by atoms with Crippen LogP contribution in [0.25, 0.3) is 0 Å². The maximum atomic E-state index is 11.4. The summed E-state index contributed by atoms with van der Waals surface area (Å²) in [6, 6.07) is 1.57. The maximum absolute atomic E-state index is 11.4.